The molecule has 0 aliphatic carbocycles. The van der Waals surface area contributed by atoms with E-state index < -0.39 is 0 Å². The molecule has 1 rings (SSSR count). The highest BCUT2D eigenvalue weighted by Crippen LogP contribution is 2.21. The summed E-state index contributed by atoms with van der Waals surface area (Å²) >= 11 is 1.30. The molecule has 0 fully saturated rings. The van der Waals surface area contributed by atoms with Crippen LogP contribution < -0.4 is 0 Å². The molecule has 58 valence electrons. The molecule has 0 aliphatic rings. The topological polar surface area (TPSA) is 38.7 Å². The van der Waals surface area contributed by atoms with Crippen LogP contribution in [-0.2, 0) is 4.74 Å². The van der Waals surface area contributed by atoms with E-state index in [0.717, 1.165) is 0 Å². The van der Waals surface area contributed by atoms with Gasteiger partial charge in [-0.25, -0.2) is 4.79 Å². The van der Waals surface area contributed by atoms with Crippen LogP contribution in [-0.4, -0.2) is 19.8 Å². The smallest absolute Gasteiger partial charge is 0.348 e. The molecule has 0 amide bonds. The first kappa shape index (κ1) is 7.94. The lowest BCUT2D eigenvalue weighted by Gasteiger charge is -1.90. The van der Waals surface area contributed by atoms with E-state index in [2.05, 4.69) is 16.4 Å². The fourth-order valence-electron chi connectivity index (χ4n) is 0.617. The van der Waals surface area contributed by atoms with Gasteiger partial charge in [-0.05, 0) is 12.8 Å². The zero-order chi connectivity index (χ0) is 8.27. The highest BCUT2D eigenvalue weighted by Gasteiger charge is 2.07. The number of esters is 1. The van der Waals surface area contributed by atoms with Gasteiger partial charge in [0.15, 0.2) is 0 Å². The Morgan fingerprint density at radius 2 is 2.55 bits per heavy atom. The molecule has 0 aliphatic heterocycles. The number of thiophene rings is 1. The Labute approximate surface area is 68.3 Å². The Kier molecular flexibility index (Phi) is 2.38. The van der Waals surface area contributed by atoms with E-state index in [1.54, 1.807) is 11.4 Å². The first-order chi connectivity index (χ1) is 5.27. The molecular formula is C7H7NO2S. The maximum Gasteiger partial charge on any atom is 0.348 e. The van der Waals surface area contributed by atoms with E-state index in [1.807, 2.05) is 0 Å². The molecule has 0 unspecified atom stereocenters. The van der Waals surface area contributed by atoms with Gasteiger partial charge in [0, 0.05) is 5.38 Å². The van der Waals surface area contributed by atoms with Gasteiger partial charge in [-0.1, -0.05) is 0 Å². The molecule has 0 bridgehead atoms. The van der Waals surface area contributed by atoms with Crippen LogP contribution in [0.1, 0.15) is 9.67 Å². The van der Waals surface area contributed by atoms with Crippen LogP contribution in [0.25, 0.3) is 0 Å². The van der Waals surface area contributed by atoms with E-state index in [4.69, 9.17) is 0 Å². The van der Waals surface area contributed by atoms with Crippen molar-refractivity contribution in [3.63, 3.8) is 0 Å². The van der Waals surface area contributed by atoms with E-state index in [9.17, 15) is 4.79 Å². The third-order valence-electron chi connectivity index (χ3n) is 1.15. The van der Waals surface area contributed by atoms with Crippen molar-refractivity contribution in [3.8, 4) is 0 Å². The van der Waals surface area contributed by atoms with Gasteiger partial charge in [-0.15, -0.1) is 11.3 Å². The van der Waals surface area contributed by atoms with Crippen molar-refractivity contribution in [2.75, 3.05) is 7.11 Å². The van der Waals surface area contributed by atoms with Crippen LogP contribution in [0.4, 0.5) is 5.69 Å². The Balaban J connectivity index is 2.88. The van der Waals surface area contributed by atoms with Gasteiger partial charge in [0.05, 0.1) is 12.8 Å². The standard InChI is InChI=1S/C7H7NO2S/c1-8-5-3-6(11-4-5)7(9)10-2/h3-4H,1H2,2H3. The number of nitrogens with zero attached hydrogens (tertiary/aromatic N) is 1. The SMILES string of the molecule is C=Nc1csc(C(=O)OC)c1. The fraction of sp³-hybridized carbons (Fsp3) is 0.143. The van der Waals surface area contributed by atoms with Crippen LogP contribution in [0.2, 0.25) is 0 Å². The average molecular weight is 169 g/mol. The highest BCUT2D eigenvalue weighted by molar-refractivity contribution is 7.12. The lowest BCUT2D eigenvalue weighted by atomic mass is 10.4. The number of ether oxygens (including phenoxy) is 1. The number of rotatable bonds is 2. The molecule has 0 saturated heterocycles. The van der Waals surface area contributed by atoms with Crippen molar-refractivity contribution in [2.24, 2.45) is 4.99 Å². The predicted molar refractivity (Wildman–Crippen MR) is 44.9 cm³/mol. The molecule has 0 spiro atoms. The van der Waals surface area contributed by atoms with Crippen molar-refractivity contribution in [1.29, 1.82) is 0 Å². The number of hydrogen-bond acceptors (Lipinski definition) is 4. The minimum Gasteiger partial charge on any atom is -0.465 e. The van der Waals surface area contributed by atoms with Gasteiger partial charge in [-0.2, -0.15) is 0 Å². The molecule has 4 heteroatoms. The molecular weight excluding hydrogens is 162 g/mol. The van der Waals surface area contributed by atoms with Crippen LogP contribution >= 0.6 is 11.3 Å². The molecule has 11 heavy (non-hydrogen) atoms. The summed E-state index contributed by atoms with van der Waals surface area (Å²) in [6, 6.07) is 1.64. The summed E-state index contributed by atoms with van der Waals surface area (Å²) in [7, 11) is 1.35. The van der Waals surface area contributed by atoms with Gasteiger partial charge in [0.2, 0.25) is 0 Å². The minimum atomic E-state index is -0.329. The van der Waals surface area contributed by atoms with Crippen molar-refractivity contribution >= 4 is 29.7 Å². The van der Waals surface area contributed by atoms with E-state index >= 15 is 0 Å². The first-order valence-corrected chi connectivity index (χ1v) is 3.79. The lowest BCUT2D eigenvalue weighted by Crippen LogP contribution is -1.96. The molecule has 3 nitrogen and oxygen atoms in total. The summed E-state index contributed by atoms with van der Waals surface area (Å²) in [5.41, 5.74) is 0.704. The fourth-order valence-corrected chi connectivity index (χ4v) is 1.38. The van der Waals surface area contributed by atoms with Gasteiger partial charge < -0.3 is 4.74 Å². The summed E-state index contributed by atoms with van der Waals surface area (Å²) in [5, 5.41) is 1.75. The number of methoxy groups -OCH3 is 1. The third kappa shape index (κ3) is 1.65. The lowest BCUT2D eigenvalue weighted by molar-refractivity contribution is 0.0606. The maximum absolute atomic E-state index is 10.9. The van der Waals surface area contributed by atoms with Gasteiger partial charge in [-0.3, -0.25) is 4.99 Å². The molecule has 0 N–H and O–H groups in total. The Morgan fingerprint density at radius 1 is 1.82 bits per heavy atom. The van der Waals surface area contributed by atoms with Crippen molar-refractivity contribution in [2.45, 2.75) is 0 Å². The normalized spacial score (nSPS) is 9.18. The quantitative estimate of drug-likeness (QED) is 0.500. The number of hydrogen-bond donors (Lipinski definition) is 0. The number of carbonyl (C=O) groups excluding carboxylic acids is 1. The number of aliphatic imine (C=N–C) groups is 1. The zero-order valence-corrected chi connectivity index (χ0v) is 6.85. The van der Waals surface area contributed by atoms with Crippen LogP contribution in [0.5, 0.6) is 0 Å². The molecule has 0 atom stereocenters. The second kappa shape index (κ2) is 3.30. The summed E-state index contributed by atoms with van der Waals surface area (Å²) in [4.78, 5) is 15.1. The molecule has 0 radical (unpaired) electrons. The summed E-state index contributed by atoms with van der Waals surface area (Å²) in [6.45, 7) is 3.33. The largest absolute Gasteiger partial charge is 0.465 e. The minimum absolute atomic E-state index is 0.329. The van der Waals surface area contributed by atoms with Gasteiger partial charge in [0.1, 0.15) is 4.88 Å². The van der Waals surface area contributed by atoms with Crippen molar-refractivity contribution < 1.29 is 9.53 Å². The van der Waals surface area contributed by atoms with Crippen LogP contribution in [0.15, 0.2) is 16.4 Å². The second-order valence-electron chi connectivity index (χ2n) is 1.82. The zero-order valence-electron chi connectivity index (χ0n) is 6.03. The average Bonchev–Trinajstić information content (AvgIpc) is 2.50. The summed E-state index contributed by atoms with van der Waals surface area (Å²) in [5.74, 6) is -0.329. The second-order valence-corrected chi connectivity index (χ2v) is 2.73. The van der Waals surface area contributed by atoms with Crippen molar-refractivity contribution in [3.05, 3.63) is 16.3 Å². The Hall–Kier alpha value is -1.16. The van der Waals surface area contributed by atoms with E-state index in [-0.39, 0.29) is 5.97 Å². The first-order valence-electron chi connectivity index (χ1n) is 2.91. The third-order valence-corrected chi connectivity index (χ3v) is 2.05. The Bertz CT molecular complexity index is 280. The summed E-state index contributed by atoms with van der Waals surface area (Å²) < 4.78 is 4.50. The highest BCUT2D eigenvalue weighted by atomic mass is 32.1. The Morgan fingerprint density at radius 3 is 3.00 bits per heavy atom. The molecule has 1 heterocycles. The van der Waals surface area contributed by atoms with E-state index in [1.165, 1.54) is 18.4 Å². The summed E-state index contributed by atoms with van der Waals surface area (Å²) in [6.07, 6.45) is 0. The van der Waals surface area contributed by atoms with Gasteiger partial charge >= 0.3 is 5.97 Å². The number of carbonyl (C=O) groups is 1. The van der Waals surface area contributed by atoms with Crippen LogP contribution in [0.3, 0.4) is 0 Å². The molecule has 1 aromatic rings. The van der Waals surface area contributed by atoms with E-state index in [0.29, 0.717) is 10.6 Å². The van der Waals surface area contributed by atoms with Crippen molar-refractivity contribution in [1.82, 2.24) is 0 Å². The van der Waals surface area contributed by atoms with Gasteiger partial charge in [0.25, 0.3) is 0 Å². The molecule has 1 aromatic heterocycles. The monoisotopic (exact) mass is 169 g/mol. The predicted octanol–water partition coefficient (Wildman–Crippen LogP) is 1.87. The maximum atomic E-state index is 10.9. The molecule has 0 saturated carbocycles. The molecule has 0 aromatic carbocycles. The van der Waals surface area contributed by atoms with Crippen LogP contribution in [0, 0.1) is 0 Å².